The van der Waals surface area contributed by atoms with Gasteiger partial charge < -0.3 is 19.8 Å². The minimum absolute atomic E-state index is 0.209. The van der Waals surface area contributed by atoms with Crippen molar-refractivity contribution in [1.29, 1.82) is 0 Å². The first-order valence-corrected chi connectivity index (χ1v) is 6.33. The summed E-state index contributed by atoms with van der Waals surface area (Å²) >= 11 is 0. The summed E-state index contributed by atoms with van der Waals surface area (Å²) in [6.45, 7) is 6.14. The number of nitrogens with zero attached hydrogens (tertiary/aromatic N) is 1. The van der Waals surface area contributed by atoms with Crippen LogP contribution in [-0.4, -0.2) is 60.2 Å². The Hall–Kier alpha value is -0.160. The van der Waals surface area contributed by atoms with Crippen molar-refractivity contribution >= 4 is 0 Å². The molecule has 2 N–H and O–H groups in total. The van der Waals surface area contributed by atoms with Gasteiger partial charge in [0, 0.05) is 25.6 Å². The summed E-state index contributed by atoms with van der Waals surface area (Å²) in [5.41, 5.74) is 0. The molecule has 0 aromatic rings. The predicted molar refractivity (Wildman–Crippen MR) is 61.2 cm³/mol. The van der Waals surface area contributed by atoms with Crippen LogP contribution in [-0.2, 0) is 4.74 Å². The van der Waals surface area contributed by atoms with Gasteiger partial charge in [-0.1, -0.05) is 0 Å². The van der Waals surface area contributed by atoms with Crippen LogP contribution < -0.4 is 0 Å². The molecule has 2 fully saturated rings. The summed E-state index contributed by atoms with van der Waals surface area (Å²) in [6, 6.07) is 0. The van der Waals surface area contributed by atoms with Crippen molar-refractivity contribution in [3.8, 4) is 0 Å². The summed E-state index contributed by atoms with van der Waals surface area (Å²) in [7, 11) is 0. The predicted octanol–water partition coefficient (Wildman–Crippen LogP) is 0.0865. The van der Waals surface area contributed by atoms with Crippen LogP contribution in [0.2, 0.25) is 0 Å². The van der Waals surface area contributed by atoms with Crippen LogP contribution in [0.4, 0.5) is 0 Å². The molecule has 0 amide bonds. The van der Waals surface area contributed by atoms with Crippen LogP contribution in [0.1, 0.15) is 19.8 Å². The summed E-state index contributed by atoms with van der Waals surface area (Å²) in [6.07, 6.45) is 1.41. The lowest BCUT2D eigenvalue weighted by molar-refractivity contribution is -0.0453. The lowest BCUT2D eigenvalue weighted by Gasteiger charge is -2.31. The van der Waals surface area contributed by atoms with Crippen LogP contribution in [0, 0.1) is 11.8 Å². The van der Waals surface area contributed by atoms with Crippen LogP contribution in [0.15, 0.2) is 0 Å². The molecule has 0 saturated carbocycles. The molecule has 16 heavy (non-hydrogen) atoms. The molecule has 0 aliphatic carbocycles. The van der Waals surface area contributed by atoms with Crippen molar-refractivity contribution in [3.63, 3.8) is 0 Å². The van der Waals surface area contributed by atoms with E-state index in [4.69, 9.17) is 4.74 Å². The van der Waals surface area contributed by atoms with Crippen molar-refractivity contribution in [1.82, 2.24) is 4.90 Å². The minimum Gasteiger partial charge on any atom is -0.393 e. The molecular formula is C12H23NO3. The van der Waals surface area contributed by atoms with Crippen molar-refractivity contribution in [2.24, 2.45) is 11.8 Å². The Morgan fingerprint density at radius 3 is 2.88 bits per heavy atom. The molecule has 4 atom stereocenters. The van der Waals surface area contributed by atoms with E-state index in [-0.39, 0.29) is 18.1 Å². The third-order valence-corrected chi connectivity index (χ3v) is 3.92. The third kappa shape index (κ3) is 2.94. The zero-order valence-corrected chi connectivity index (χ0v) is 10.0. The van der Waals surface area contributed by atoms with Gasteiger partial charge in [-0.25, -0.2) is 0 Å². The summed E-state index contributed by atoms with van der Waals surface area (Å²) in [4.78, 5) is 2.35. The van der Waals surface area contributed by atoms with E-state index in [9.17, 15) is 10.2 Å². The van der Waals surface area contributed by atoms with Crippen molar-refractivity contribution in [2.45, 2.75) is 32.0 Å². The largest absolute Gasteiger partial charge is 0.393 e. The molecule has 94 valence electrons. The van der Waals surface area contributed by atoms with Crippen LogP contribution in [0.5, 0.6) is 0 Å². The molecule has 4 heteroatoms. The van der Waals surface area contributed by atoms with E-state index in [1.807, 2.05) is 6.92 Å². The van der Waals surface area contributed by atoms with Crippen molar-refractivity contribution < 1.29 is 14.9 Å². The van der Waals surface area contributed by atoms with E-state index in [2.05, 4.69) is 4.90 Å². The lowest BCUT2D eigenvalue weighted by atomic mass is 9.98. The number of hydrogen-bond acceptors (Lipinski definition) is 4. The molecule has 0 bridgehead atoms. The number of aliphatic hydroxyl groups excluding tert-OH is 2. The average molecular weight is 229 g/mol. The first-order valence-electron chi connectivity index (χ1n) is 6.33. The molecule has 2 heterocycles. The maximum Gasteiger partial charge on any atom is 0.0624 e. The zero-order chi connectivity index (χ0) is 11.5. The number of ether oxygens (including phenoxy) is 1. The number of rotatable bonds is 3. The topological polar surface area (TPSA) is 52.9 Å². The summed E-state index contributed by atoms with van der Waals surface area (Å²) < 4.78 is 5.40. The van der Waals surface area contributed by atoms with Gasteiger partial charge in [0.2, 0.25) is 0 Å². The quantitative estimate of drug-likeness (QED) is 0.720. The fourth-order valence-electron chi connectivity index (χ4n) is 2.71. The Bertz CT molecular complexity index is 222. The van der Waals surface area contributed by atoms with E-state index in [0.717, 1.165) is 32.5 Å². The summed E-state index contributed by atoms with van der Waals surface area (Å²) in [5, 5.41) is 19.4. The van der Waals surface area contributed by atoms with E-state index in [1.54, 1.807) is 0 Å². The molecule has 0 radical (unpaired) electrons. The molecule has 0 aromatic heterocycles. The van der Waals surface area contributed by atoms with Gasteiger partial charge in [0.1, 0.15) is 0 Å². The van der Waals surface area contributed by atoms with Crippen LogP contribution in [0.3, 0.4) is 0 Å². The molecule has 0 aromatic carbocycles. The highest BCUT2D eigenvalue weighted by Gasteiger charge is 2.31. The monoisotopic (exact) mass is 229 g/mol. The Labute approximate surface area is 97.2 Å². The van der Waals surface area contributed by atoms with Gasteiger partial charge in [-0.05, 0) is 32.2 Å². The smallest absolute Gasteiger partial charge is 0.0624 e. The second-order valence-corrected chi connectivity index (χ2v) is 5.24. The van der Waals surface area contributed by atoms with Crippen molar-refractivity contribution in [3.05, 3.63) is 0 Å². The van der Waals surface area contributed by atoms with Gasteiger partial charge >= 0.3 is 0 Å². The second kappa shape index (κ2) is 5.45. The molecular weight excluding hydrogens is 206 g/mol. The van der Waals surface area contributed by atoms with E-state index in [1.165, 1.54) is 0 Å². The molecule has 2 aliphatic heterocycles. The molecule has 2 rings (SSSR count). The Kier molecular flexibility index (Phi) is 4.19. The van der Waals surface area contributed by atoms with Crippen molar-refractivity contribution in [2.75, 3.05) is 32.8 Å². The number of aliphatic hydroxyl groups is 2. The Morgan fingerprint density at radius 2 is 2.25 bits per heavy atom. The zero-order valence-electron chi connectivity index (χ0n) is 10.0. The van der Waals surface area contributed by atoms with Gasteiger partial charge in [-0.3, -0.25) is 0 Å². The minimum atomic E-state index is -0.211. The molecule has 2 aliphatic rings. The Morgan fingerprint density at radius 1 is 1.44 bits per heavy atom. The van der Waals surface area contributed by atoms with E-state index in [0.29, 0.717) is 19.1 Å². The van der Waals surface area contributed by atoms with Crippen LogP contribution >= 0.6 is 0 Å². The fourth-order valence-corrected chi connectivity index (χ4v) is 2.71. The maximum absolute atomic E-state index is 9.85. The van der Waals surface area contributed by atoms with Gasteiger partial charge in [0.05, 0.1) is 18.8 Å². The normalized spacial score (nSPS) is 38.8. The highest BCUT2D eigenvalue weighted by atomic mass is 16.5. The fraction of sp³-hybridized carbons (Fsp3) is 1.00. The molecule has 4 nitrogen and oxygen atoms in total. The lowest BCUT2D eigenvalue weighted by Crippen LogP contribution is -2.40. The highest BCUT2D eigenvalue weighted by molar-refractivity contribution is 4.83. The molecule has 2 saturated heterocycles. The van der Waals surface area contributed by atoms with E-state index >= 15 is 0 Å². The second-order valence-electron chi connectivity index (χ2n) is 5.24. The van der Waals surface area contributed by atoms with Crippen LogP contribution in [0.25, 0.3) is 0 Å². The average Bonchev–Trinajstić information content (AvgIpc) is 2.70. The van der Waals surface area contributed by atoms with Gasteiger partial charge in [0.15, 0.2) is 0 Å². The van der Waals surface area contributed by atoms with Gasteiger partial charge in [-0.15, -0.1) is 0 Å². The number of likely N-dealkylation sites (tertiary alicyclic amines) is 1. The van der Waals surface area contributed by atoms with Gasteiger partial charge in [-0.2, -0.15) is 0 Å². The van der Waals surface area contributed by atoms with Gasteiger partial charge in [0.25, 0.3) is 0 Å². The van der Waals surface area contributed by atoms with E-state index < -0.39 is 0 Å². The third-order valence-electron chi connectivity index (χ3n) is 3.92. The molecule has 0 spiro atoms. The first kappa shape index (κ1) is 12.3. The highest BCUT2D eigenvalue weighted by Crippen LogP contribution is 2.23. The maximum atomic E-state index is 9.85. The standard InChI is InChI=1S/C12H23NO3/c1-9(14)10-2-4-13(6-10)7-11-8-16-5-3-12(11)15/h9-12,14-15H,2-8H2,1H3. The SMILES string of the molecule is CC(O)C1CCN(CC2COCCC2O)C1. The molecule has 4 unspecified atom stereocenters. The summed E-state index contributed by atoms with van der Waals surface area (Å²) in [5.74, 6) is 0.656. The first-order chi connectivity index (χ1) is 7.66. The number of hydrogen-bond donors (Lipinski definition) is 2. The Balaban J connectivity index is 1.77.